The monoisotopic (exact) mass is 358 g/mol. The van der Waals surface area contributed by atoms with Crippen molar-refractivity contribution in [3.63, 3.8) is 0 Å². The van der Waals surface area contributed by atoms with Crippen molar-refractivity contribution in [3.8, 4) is 5.75 Å². The molecule has 140 valence electrons. The third-order valence-electron chi connectivity index (χ3n) is 4.83. The highest BCUT2D eigenvalue weighted by atomic mass is 16.5. The number of nitrogens with two attached hydrogens (primary N) is 1. The first kappa shape index (κ1) is 18.4. The van der Waals surface area contributed by atoms with Gasteiger partial charge in [0.25, 0.3) is 5.91 Å². The highest BCUT2D eigenvalue weighted by Crippen LogP contribution is 2.24. The minimum Gasteiger partial charge on any atom is -0.485 e. The highest BCUT2D eigenvalue weighted by molar-refractivity contribution is 5.94. The minimum atomic E-state index is -0.0624. The topological polar surface area (TPSA) is 103 Å². The Kier molecular flexibility index (Phi) is 6.22. The summed E-state index contributed by atoms with van der Waals surface area (Å²) in [6, 6.07) is 7.24. The Morgan fingerprint density at radius 2 is 2.08 bits per heavy atom. The van der Waals surface area contributed by atoms with Crippen molar-refractivity contribution in [1.29, 1.82) is 0 Å². The Labute approximate surface area is 153 Å². The van der Waals surface area contributed by atoms with Crippen molar-refractivity contribution >= 4 is 5.91 Å². The smallest absolute Gasteiger partial charge is 0.251 e. The first-order chi connectivity index (χ1) is 12.7. The maximum atomic E-state index is 12.5. The number of benzene rings is 1. The van der Waals surface area contributed by atoms with Gasteiger partial charge >= 0.3 is 0 Å². The molecule has 1 aliphatic rings. The number of hydrogen-bond acceptors (Lipinski definition) is 6. The number of ether oxygens (including phenoxy) is 1. The summed E-state index contributed by atoms with van der Waals surface area (Å²) in [7, 11) is 0. The fraction of sp³-hybridized carbons (Fsp3) is 0.526. The van der Waals surface area contributed by atoms with Crippen molar-refractivity contribution < 1.29 is 14.1 Å². The van der Waals surface area contributed by atoms with Crippen LogP contribution in [0.25, 0.3) is 0 Å². The van der Waals surface area contributed by atoms with E-state index in [1.807, 2.05) is 6.92 Å². The van der Waals surface area contributed by atoms with Crippen molar-refractivity contribution in [1.82, 2.24) is 15.5 Å². The summed E-state index contributed by atoms with van der Waals surface area (Å²) in [5, 5.41) is 6.97. The Morgan fingerprint density at radius 1 is 1.31 bits per heavy atom. The van der Waals surface area contributed by atoms with Crippen LogP contribution in [0.3, 0.4) is 0 Å². The number of rotatable bonds is 7. The molecular weight excluding hydrogens is 332 g/mol. The molecule has 3 N–H and O–H groups in total. The number of nitrogens with zero attached hydrogens (tertiary/aromatic N) is 2. The van der Waals surface area contributed by atoms with Crippen LogP contribution in [0.4, 0.5) is 0 Å². The number of amides is 1. The molecular formula is C19H26N4O3. The molecule has 7 nitrogen and oxygen atoms in total. The zero-order valence-electron chi connectivity index (χ0n) is 15.1. The molecule has 3 rings (SSSR count). The van der Waals surface area contributed by atoms with Crippen LogP contribution in [0.2, 0.25) is 0 Å². The van der Waals surface area contributed by atoms with Gasteiger partial charge in [-0.1, -0.05) is 24.9 Å². The number of carbonyl (C=O) groups is 1. The average Bonchev–Trinajstić information content (AvgIpc) is 3.15. The lowest BCUT2D eigenvalue weighted by molar-refractivity contribution is 0.0908. The van der Waals surface area contributed by atoms with Crippen molar-refractivity contribution in [2.45, 2.75) is 51.7 Å². The molecule has 1 saturated carbocycles. The van der Waals surface area contributed by atoms with E-state index in [-0.39, 0.29) is 18.6 Å². The Morgan fingerprint density at radius 3 is 2.77 bits per heavy atom. The molecule has 0 bridgehead atoms. The minimum absolute atomic E-state index is 0.0624. The summed E-state index contributed by atoms with van der Waals surface area (Å²) in [5.41, 5.74) is 6.45. The van der Waals surface area contributed by atoms with E-state index >= 15 is 0 Å². The normalized spacial score (nSPS) is 19.9. The first-order valence-corrected chi connectivity index (χ1v) is 9.25. The molecule has 1 aromatic heterocycles. The second-order valence-electron chi connectivity index (χ2n) is 6.63. The van der Waals surface area contributed by atoms with Crippen LogP contribution >= 0.6 is 0 Å². The summed E-state index contributed by atoms with van der Waals surface area (Å²) in [6.45, 7) is 2.80. The Hall–Kier alpha value is -2.41. The number of aryl methyl sites for hydroxylation is 1. The second kappa shape index (κ2) is 8.80. The van der Waals surface area contributed by atoms with E-state index in [0.29, 0.717) is 41.9 Å². The van der Waals surface area contributed by atoms with E-state index in [9.17, 15) is 4.79 Å². The van der Waals surface area contributed by atoms with Gasteiger partial charge in [-0.15, -0.1) is 0 Å². The zero-order chi connectivity index (χ0) is 18.4. The molecule has 1 aromatic carbocycles. The standard InChI is InChI=1S/C19H26N4O3/c1-2-18-22-17(23-26-18)12-25-15-9-7-13(8-10-15)19(24)21-16-6-4-3-5-14(16)11-20/h7-10,14,16H,2-6,11-12,20H2,1H3,(H,21,24). The van der Waals surface area contributed by atoms with E-state index < -0.39 is 0 Å². The van der Waals surface area contributed by atoms with Crippen molar-refractivity contribution in [3.05, 3.63) is 41.5 Å². The van der Waals surface area contributed by atoms with E-state index in [0.717, 1.165) is 19.3 Å². The predicted molar refractivity (Wildman–Crippen MR) is 96.7 cm³/mol. The van der Waals surface area contributed by atoms with Gasteiger partial charge in [0, 0.05) is 18.0 Å². The molecule has 2 atom stereocenters. The van der Waals surface area contributed by atoms with Crippen LogP contribution < -0.4 is 15.8 Å². The second-order valence-corrected chi connectivity index (χ2v) is 6.63. The fourth-order valence-electron chi connectivity index (χ4n) is 3.27. The molecule has 1 heterocycles. The van der Waals surface area contributed by atoms with Gasteiger partial charge in [0.05, 0.1) is 0 Å². The summed E-state index contributed by atoms with van der Waals surface area (Å²) in [6.07, 6.45) is 5.12. The molecule has 0 aliphatic heterocycles. The molecule has 1 fully saturated rings. The summed E-state index contributed by atoms with van der Waals surface area (Å²) >= 11 is 0. The summed E-state index contributed by atoms with van der Waals surface area (Å²) < 4.78 is 10.7. The average molecular weight is 358 g/mol. The van der Waals surface area contributed by atoms with Gasteiger partial charge in [-0.05, 0) is 49.6 Å². The fourth-order valence-corrected chi connectivity index (χ4v) is 3.27. The lowest BCUT2D eigenvalue weighted by Gasteiger charge is -2.31. The molecule has 0 saturated heterocycles. The van der Waals surface area contributed by atoms with Gasteiger partial charge in [0.1, 0.15) is 5.75 Å². The molecule has 2 unspecified atom stereocenters. The lowest BCUT2D eigenvalue weighted by Crippen LogP contribution is -2.44. The van der Waals surface area contributed by atoms with E-state index in [2.05, 4.69) is 15.5 Å². The maximum absolute atomic E-state index is 12.5. The van der Waals surface area contributed by atoms with Gasteiger partial charge in [-0.3, -0.25) is 4.79 Å². The van der Waals surface area contributed by atoms with Crippen LogP contribution in [0.5, 0.6) is 5.75 Å². The number of carbonyl (C=O) groups excluding carboxylic acids is 1. The van der Waals surface area contributed by atoms with Crippen LogP contribution in [-0.2, 0) is 13.0 Å². The molecule has 0 radical (unpaired) electrons. The number of nitrogens with one attached hydrogen (secondary N) is 1. The molecule has 26 heavy (non-hydrogen) atoms. The molecule has 0 spiro atoms. The van der Waals surface area contributed by atoms with Gasteiger partial charge in [-0.25, -0.2) is 0 Å². The largest absolute Gasteiger partial charge is 0.485 e. The van der Waals surface area contributed by atoms with Crippen LogP contribution in [0, 0.1) is 5.92 Å². The first-order valence-electron chi connectivity index (χ1n) is 9.25. The molecule has 2 aromatic rings. The molecule has 7 heteroatoms. The third-order valence-corrected chi connectivity index (χ3v) is 4.83. The van der Waals surface area contributed by atoms with Gasteiger partial charge in [0.15, 0.2) is 6.61 Å². The quantitative estimate of drug-likeness (QED) is 0.788. The Balaban J connectivity index is 1.53. The molecule has 1 aliphatic carbocycles. The SMILES string of the molecule is CCc1nc(COc2ccc(C(=O)NC3CCCCC3CN)cc2)no1. The Bertz CT molecular complexity index is 714. The van der Waals surface area contributed by atoms with Crippen LogP contribution in [-0.4, -0.2) is 28.6 Å². The highest BCUT2D eigenvalue weighted by Gasteiger charge is 2.25. The number of hydrogen-bond donors (Lipinski definition) is 2. The van der Waals surface area contributed by atoms with Gasteiger partial charge < -0.3 is 20.3 Å². The van der Waals surface area contributed by atoms with Crippen molar-refractivity contribution in [2.24, 2.45) is 11.7 Å². The van der Waals surface area contributed by atoms with Gasteiger partial charge in [0.2, 0.25) is 11.7 Å². The van der Waals surface area contributed by atoms with E-state index in [1.54, 1.807) is 24.3 Å². The van der Waals surface area contributed by atoms with Gasteiger partial charge in [-0.2, -0.15) is 4.98 Å². The van der Waals surface area contributed by atoms with Crippen LogP contribution in [0.15, 0.2) is 28.8 Å². The molecule has 1 amide bonds. The summed E-state index contributed by atoms with van der Waals surface area (Å²) in [4.78, 5) is 16.7. The zero-order valence-corrected chi connectivity index (χ0v) is 15.1. The van der Waals surface area contributed by atoms with E-state index in [1.165, 1.54) is 6.42 Å². The maximum Gasteiger partial charge on any atom is 0.251 e. The van der Waals surface area contributed by atoms with E-state index in [4.69, 9.17) is 15.0 Å². The summed E-state index contributed by atoms with van der Waals surface area (Å²) in [5.74, 6) is 2.07. The predicted octanol–water partition coefficient (Wildman–Crippen LogP) is 2.46. The van der Waals surface area contributed by atoms with Crippen molar-refractivity contribution in [2.75, 3.05) is 6.54 Å². The van der Waals surface area contributed by atoms with Crippen LogP contribution in [0.1, 0.15) is 54.7 Å². The lowest BCUT2D eigenvalue weighted by atomic mass is 9.84. The third kappa shape index (κ3) is 4.60. The number of aromatic nitrogens is 2.